The summed E-state index contributed by atoms with van der Waals surface area (Å²) in [5, 5.41) is 8.18. The molecule has 0 aliphatic heterocycles. The summed E-state index contributed by atoms with van der Waals surface area (Å²) in [7, 11) is 0. The number of fused-ring (bicyclic) bond motifs is 1. The van der Waals surface area contributed by atoms with Gasteiger partial charge < -0.3 is 0 Å². The molecule has 0 amide bonds. The number of aromatic amines is 1. The molecule has 3 rings (SSSR count). The van der Waals surface area contributed by atoms with Crippen molar-refractivity contribution in [3.05, 3.63) is 23.5 Å². The predicted octanol–water partition coefficient (Wildman–Crippen LogP) is 3.42. The summed E-state index contributed by atoms with van der Waals surface area (Å²) in [6.07, 6.45) is 5.53. The highest BCUT2D eigenvalue weighted by Gasteiger charge is 2.25. The molecule has 0 saturated heterocycles. The molecule has 0 atom stereocenters. The van der Waals surface area contributed by atoms with E-state index in [1.165, 1.54) is 29.5 Å². The molecule has 0 aromatic carbocycles. The van der Waals surface area contributed by atoms with Gasteiger partial charge in [-0.25, -0.2) is 4.98 Å². The zero-order valence-corrected chi connectivity index (χ0v) is 10.2. The highest BCUT2D eigenvalue weighted by Crippen LogP contribution is 2.40. The molecule has 1 aliphatic carbocycles. The molecule has 2 aromatic rings. The van der Waals surface area contributed by atoms with Crippen LogP contribution < -0.4 is 0 Å². The van der Waals surface area contributed by atoms with E-state index >= 15 is 0 Å². The molecule has 3 heteroatoms. The van der Waals surface area contributed by atoms with E-state index in [4.69, 9.17) is 0 Å². The maximum atomic E-state index is 4.59. The maximum absolute atomic E-state index is 4.59. The second-order valence-electron chi connectivity index (χ2n) is 3.97. The van der Waals surface area contributed by atoms with Gasteiger partial charge in [0, 0.05) is 17.0 Å². The Kier molecular flexibility index (Phi) is 3.22. The van der Waals surface area contributed by atoms with E-state index in [0.29, 0.717) is 5.92 Å². The predicted molar refractivity (Wildman–Crippen MR) is 66.6 cm³/mol. The normalized spacial score (nSPS) is 14.7. The number of aryl methyl sites for hydroxylation is 1. The lowest BCUT2D eigenvalue weighted by Crippen LogP contribution is -1.91. The van der Waals surface area contributed by atoms with Gasteiger partial charge in [-0.05, 0) is 30.9 Å². The molecule has 16 heavy (non-hydrogen) atoms. The number of hydrogen-bond acceptors (Lipinski definition) is 2. The van der Waals surface area contributed by atoms with Crippen LogP contribution in [0.25, 0.3) is 11.0 Å². The van der Waals surface area contributed by atoms with E-state index in [1.807, 2.05) is 20.0 Å². The lowest BCUT2D eigenvalue weighted by molar-refractivity contribution is 1.00. The maximum Gasteiger partial charge on any atom is 0.155 e. The minimum atomic E-state index is 0.716. The van der Waals surface area contributed by atoms with Crippen LogP contribution in [0.4, 0.5) is 0 Å². The molecule has 3 nitrogen and oxygen atoms in total. The third-order valence-corrected chi connectivity index (χ3v) is 2.90. The SMILES string of the molecule is CC.CCc1cc(C2CC2)nc2[nH]ncc12. The van der Waals surface area contributed by atoms with Crippen molar-refractivity contribution in [2.45, 2.75) is 46.0 Å². The number of rotatable bonds is 2. The topological polar surface area (TPSA) is 41.6 Å². The third-order valence-electron chi connectivity index (χ3n) is 2.90. The van der Waals surface area contributed by atoms with Gasteiger partial charge in [0.05, 0.1) is 6.20 Å². The molecule has 1 N–H and O–H groups in total. The summed E-state index contributed by atoms with van der Waals surface area (Å²) < 4.78 is 0. The minimum Gasteiger partial charge on any atom is -0.261 e. The van der Waals surface area contributed by atoms with Crippen LogP contribution in [0.1, 0.15) is 50.8 Å². The number of hydrogen-bond donors (Lipinski definition) is 1. The van der Waals surface area contributed by atoms with Gasteiger partial charge in [-0.2, -0.15) is 5.10 Å². The van der Waals surface area contributed by atoms with Crippen molar-refractivity contribution in [1.82, 2.24) is 15.2 Å². The molecule has 0 unspecified atom stereocenters. The molecule has 86 valence electrons. The number of nitrogens with one attached hydrogen (secondary N) is 1. The Bertz CT molecular complexity index is 469. The first kappa shape index (κ1) is 11.1. The van der Waals surface area contributed by atoms with E-state index in [0.717, 1.165) is 12.1 Å². The fourth-order valence-electron chi connectivity index (χ4n) is 1.90. The average Bonchev–Trinajstić information content (AvgIpc) is 3.09. The van der Waals surface area contributed by atoms with Gasteiger partial charge in [0.2, 0.25) is 0 Å². The van der Waals surface area contributed by atoms with Gasteiger partial charge in [0.25, 0.3) is 0 Å². The molecule has 2 heterocycles. The van der Waals surface area contributed by atoms with Crippen molar-refractivity contribution < 1.29 is 0 Å². The monoisotopic (exact) mass is 217 g/mol. The number of nitrogens with zero attached hydrogens (tertiary/aromatic N) is 2. The van der Waals surface area contributed by atoms with Crippen LogP contribution in [-0.4, -0.2) is 15.2 Å². The van der Waals surface area contributed by atoms with Crippen molar-refractivity contribution in [2.75, 3.05) is 0 Å². The van der Waals surface area contributed by atoms with E-state index in [9.17, 15) is 0 Å². The second kappa shape index (κ2) is 4.64. The lowest BCUT2D eigenvalue weighted by atomic mass is 10.1. The summed E-state index contributed by atoms with van der Waals surface area (Å²) in [4.78, 5) is 4.59. The Morgan fingerprint density at radius 1 is 1.38 bits per heavy atom. The number of H-pyrrole nitrogens is 1. The van der Waals surface area contributed by atoms with Crippen molar-refractivity contribution in [3.8, 4) is 0 Å². The quantitative estimate of drug-likeness (QED) is 0.837. The van der Waals surface area contributed by atoms with Gasteiger partial charge in [-0.1, -0.05) is 20.8 Å². The van der Waals surface area contributed by atoms with Crippen LogP contribution >= 0.6 is 0 Å². The highest BCUT2D eigenvalue weighted by molar-refractivity contribution is 5.78. The fourth-order valence-corrected chi connectivity index (χ4v) is 1.90. The van der Waals surface area contributed by atoms with E-state index in [2.05, 4.69) is 28.2 Å². The Hall–Kier alpha value is -1.38. The van der Waals surface area contributed by atoms with Gasteiger partial charge in [-0.15, -0.1) is 0 Å². The van der Waals surface area contributed by atoms with Crippen LogP contribution in [-0.2, 0) is 6.42 Å². The first-order valence-electron chi connectivity index (χ1n) is 6.21. The summed E-state index contributed by atoms with van der Waals surface area (Å²) in [5.41, 5.74) is 3.57. The van der Waals surface area contributed by atoms with Crippen molar-refractivity contribution in [3.63, 3.8) is 0 Å². The molecular formula is C13H19N3. The lowest BCUT2D eigenvalue weighted by Gasteiger charge is -2.02. The Morgan fingerprint density at radius 2 is 2.12 bits per heavy atom. The van der Waals surface area contributed by atoms with Crippen LogP contribution in [0.2, 0.25) is 0 Å². The second-order valence-corrected chi connectivity index (χ2v) is 3.97. The number of pyridine rings is 1. The smallest absolute Gasteiger partial charge is 0.155 e. The molecular weight excluding hydrogens is 198 g/mol. The van der Waals surface area contributed by atoms with Crippen LogP contribution in [0.5, 0.6) is 0 Å². The van der Waals surface area contributed by atoms with Gasteiger partial charge >= 0.3 is 0 Å². The summed E-state index contributed by atoms with van der Waals surface area (Å²) in [6, 6.07) is 2.25. The first-order chi connectivity index (χ1) is 7.88. The summed E-state index contributed by atoms with van der Waals surface area (Å²) >= 11 is 0. The molecule has 0 spiro atoms. The first-order valence-corrected chi connectivity index (χ1v) is 6.21. The Morgan fingerprint density at radius 3 is 2.75 bits per heavy atom. The number of aromatic nitrogens is 3. The Balaban J connectivity index is 0.000000457. The zero-order chi connectivity index (χ0) is 11.5. The van der Waals surface area contributed by atoms with Crippen LogP contribution in [0.15, 0.2) is 12.3 Å². The highest BCUT2D eigenvalue weighted by atomic mass is 15.1. The Labute approximate surface area is 96.3 Å². The molecule has 1 saturated carbocycles. The molecule has 0 radical (unpaired) electrons. The standard InChI is InChI=1S/C11H13N3.C2H6/c1-2-7-5-10(8-3-4-8)13-11-9(7)6-12-14-11;1-2/h5-6,8H,2-4H2,1H3,(H,12,13,14);1-2H3. The van der Waals surface area contributed by atoms with E-state index in [-0.39, 0.29) is 0 Å². The van der Waals surface area contributed by atoms with Crippen molar-refractivity contribution >= 4 is 11.0 Å². The zero-order valence-electron chi connectivity index (χ0n) is 10.2. The molecule has 1 aliphatic rings. The van der Waals surface area contributed by atoms with Gasteiger partial charge in [0.15, 0.2) is 5.65 Å². The molecule has 2 aromatic heterocycles. The van der Waals surface area contributed by atoms with Crippen LogP contribution in [0.3, 0.4) is 0 Å². The van der Waals surface area contributed by atoms with E-state index in [1.54, 1.807) is 0 Å². The van der Waals surface area contributed by atoms with Crippen LogP contribution in [0, 0.1) is 0 Å². The molecule has 1 fully saturated rings. The van der Waals surface area contributed by atoms with E-state index < -0.39 is 0 Å². The van der Waals surface area contributed by atoms with Crippen molar-refractivity contribution in [1.29, 1.82) is 0 Å². The fraction of sp³-hybridized carbons (Fsp3) is 0.538. The van der Waals surface area contributed by atoms with Gasteiger partial charge in [0.1, 0.15) is 0 Å². The summed E-state index contributed by atoms with van der Waals surface area (Å²) in [5.74, 6) is 0.716. The third kappa shape index (κ3) is 1.94. The molecule has 0 bridgehead atoms. The minimum absolute atomic E-state index is 0.716. The summed E-state index contributed by atoms with van der Waals surface area (Å²) in [6.45, 7) is 6.18. The average molecular weight is 217 g/mol. The largest absolute Gasteiger partial charge is 0.261 e. The van der Waals surface area contributed by atoms with Crippen molar-refractivity contribution in [2.24, 2.45) is 0 Å². The van der Waals surface area contributed by atoms with Gasteiger partial charge in [-0.3, -0.25) is 5.10 Å².